The normalized spacial score (nSPS) is 19.9. The summed E-state index contributed by atoms with van der Waals surface area (Å²) in [6.45, 7) is 4.70. The lowest BCUT2D eigenvalue weighted by atomic mass is 9.99. The van der Waals surface area contributed by atoms with Crippen molar-refractivity contribution in [1.29, 1.82) is 0 Å². The highest BCUT2D eigenvalue weighted by Crippen LogP contribution is 2.34. The quantitative estimate of drug-likeness (QED) is 0.889. The number of halogens is 1. The molecule has 2 N–H and O–H groups in total. The van der Waals surface area contributed by atoms with Crippen LogP contribution in [-0.4, -0.2) is 31.1 Å². The Balaban J connectivity index is 1.75. The molecular formula is C13H17ClN2O. The van der Waals surface area contributed by atoms with Crippen LogP contribution in [0.1, 0.15) is 11.1 Å². The van der Waals surface area contributed by atoms with Crippen molar-refractivity contribution in [1.82, 2.24) is 4.90 Å². The van der Waals surface area contributed by atoms with Gasteiger partial charge in [-0.1, -0.05) is 11.6 Å². The number of likely N-dealkylation sites (tertiary alicyclic amines) is 1. The second-order valence-corrected chi connectivity index (χ2v) is 5.38. The Hall–Kier alpha value is -0.770. The molecule has 2 aliphatic rings. The first-order valence-corrected chi connectivity index (χ1v) is 6.50. The van der Waals surface area contributed by atoms with Gasteiger partial charge in [-0.25, -0.2) is 0 Å². The third-order valence-corrected chi connectivity index (χ3v) is 3.80. The van der Waals surface area contributed by atoms with Crippen molar-refractivity contribution in [2.75, 3.05) is 26.2 Å². The number of hydrogen-bond acceptors (Lipinski definition) is 3. The van der Waals surface area contributed by atoms with Crippen LogP contribution in [0.4, 0.5) is 0 Å². The zero-order chi connectivity index (χ0) is 11.8. The summed E-state index contributed by atoms with van der Waals surface area (Å²) >= 11 is 6.14. The second-order valence-electron chi connectivity index (χ2n) is 4.95. The highest BCUT2D eigenvalue weighted by atomic mass is 35.5. The first-order valence-electron chi connectivity index (χ1n) is 6.13. The van der Waals surface area contributed by atoms with Crippen molar-refractivity contribution in [2.24, 2.45) is 11.7 Å². The van der Waals surface area contributed by atoms with Crippen LogP contribution in [0.5, 0.6) is 5.75 Å². The lowest BCUT2D eigenvalue weighted by molar-refractivity contribution is 0.0969. The smallest absolute Gasteiger partial charge is 0.127 e. The van der Waals surface area contributed by atoms with E-state index in [4.69, 9.17) is 22.1 Å². The topological polar surface area (TPSA) is 38.5 Å². The minimum Gasteiger partial charge on any atom is -0.493 e. The van der Waals surface area contributed by atoms with Gasteiger partial charge in [-0.3, -0.25) is 4.90 Å². The molecule has 1 aromatic carbocycles. The molecule has 1 fully saturated rings. The Labute approximate surface area is 106 Å². The van der Waals surface area contributed by atoms with Crippen LogP contribution in [0, 0.1) is 5.92 Å². The van der Waals surface area contributed by atoms with Crippen LogP contribution < -0.4 is 10.5 Å². The molecule has 2 aliphatic heterocycles. The maximum Gasteiger partial charge on any atom is 0.127 e. The van der Waals surface area contributed by atoms with Crippen LogP contribution in [0.15, 0.2) is 12.1 Å². The third-order valence-electron chi connectivity index (χ3n) is 3.59. The molecule has 17 heavy (non-hydrogen) atoms. The second kappa shape index (κ2) is 4.48. The van der Waals surface area contributed by atoms with Gasteiger partial charge in [0.25, 0.3) is 0 Å². The highest BCUT2D eigenvalue weighted by molar-refractivity contribution is 6.30. The summed E-state index contributed by atoms with van der Waals surface area (Å²) in [6, 6.07) is 4.05. The third kappa shape index (κ3) is 2.15. The zero-order valence-electron chi connectivity index (χ0n) is 9.79. The molecule has 3 nitrogen and oxygen atoms in total. The molecule has 2 heterocycles. The van der Waals surface area contributed by atoms with Gasteiger partial charge in [-0.15, -0.1) is 0 Å². The molecule has 1 saturated heterocycles. The molecule has 0 unspecified atom stereocenters. The molecule has 0 aliphatic carbocycles. The van der Waals surface area contributed by atoms with Crippen LogP contribution in [-0.2, 0) is 13.0 Å². The van der Waals surface area contributed by atoms with E-state index in [1.54, 1.807) is 0 Å². The summed E-state index contributed by atoms with van der Waals surface area (Å²) in [5.41, 5.74) is 8.11. The van der Waals surface area contributed by atoms with Crippen LogP contribution in [0.25, 0.3) is 0 Å². The zero-order valence-corrected chi connectivity index (χ0v) is 10.5. The Kier molecular flexibility index (Phi) is 2.99. The Morgan fingerprint density at radius 1 is 1.41 bits per heavy atom. The van der Waals surface area contributed by atoms with Crippen LogP contribution in [0.2, 0.25) is 5.02 Å². The van der Waals surface area contributed by atoms with Gasteiger partial charge in [0.1, 0.15) is 5.75 Å². The van der Waals surface area contributed by atoms with E-state index in [0.29, 0.717) is 5.92 Å². The molecule has 0 saturated carbocycles. The number of ether oxygens (including phenoxy) is 1. The van der Waals surface area contributed by atoms with Gasteiger partial charge in [0.05, 0.1) is 6.61 Å². The van der Waals surface area contributed by atoms with E-state index in [2.05, 4.69) is 4.90 Å². The highest BCUT2D eigenvalue weighted by Gasteiger charge is 2.27. The van der Waals surface area contributed by atoms with Crippen molar-refractivity contribution in [3.05, 3.63) is 28.3 Å². The maximum atomic E-state index is 6.14. The molecular weight excluding hydrogens is 236 g/mol. The van der Waals surface area contributed by atoms with Gasteiger partial charge in [-0.2, -0.15) is 0 Å². The summed E-state index contributed by atoms with van der Waals surface area (Å²) in [5.74, 6) is 1.73. The number of nitrogens with zero attached hydrogens (tertiary/aromatic N) is 1. The van der Waals surface area contributed by atoms with E-state index in [0.717, 1.165) is 50.0 Å². The monoisotopic (exact) mass is 252 g/mol. The molecule has 0 spiro atoms. The SMILES string of the molecule is NCC1CN(Cc2cc(Cl)cc3c2OCC3)C1. The van der Waals surface area contributed by atoms with Gasteiger partial charge in [-0.05, 0) is 30.2 Å². The fourth-order valence-corrected chi connectivity index (χ4v) is 2.92. The lowest BCUT2D eigenvalue weighted by Crippen LogP contribution is -2.49. The van der Waals surface area contributed by atoms with E-state index < -0.39 is 0 Å². The van der Waals surface area contributed by atoms with Crippen molar-refractivity contribution < 1.29 is 4.74 Å². The molecule has 3 rings (SSSR count). The van der Waals surface area contributed by atoms with E-state index in [1.807, 2.05) is 12.1 Å². The fourth-order valence-electron chi connectivity index (χ4n) is 2.66. The lowest BCUT2D eigenvalue weighted by Gasteiger charge is -2.38. The largest absolute Gasteiger partial charge is 0.493 e. The van der Waals surface area contributed by atoms with E-state index in [1.165, 1.54) is 11.1 Å². The van der Waals surface area contributed by atoms with Gasteiger partial charge in [0.2, 0.25) is 0 Å². The molecule has 0 amide bonds. The fraction of sp³-hybridized carbons (Fsp3) is 0.538. The Bertz CT molecular complexity index is 430. The summed E-state index contributed by atoms with van der Waals surface area (Å²) < 4.78 is 5.70. The molecule has 0 bridgehead atoms. The number of rotatable bonds is 3. The van der Waals surface area contributed by atoms with Crippen LogP contribution >= 0.6 is 11.6 Å². The van der Waals surface area contributed by atoms with Crippen molar-refractivity contribution in [3.8, 4) is 5.75 Å². The van der Waals surface area contributed by atoms with Gasteiger partial charge < -0.3 is 10.5 Å². The molecule has 0 radical (unpaired) electrons. The van der Waals surface area contributed by atoms with E-state index >= 15 is 0 Å². The van der Waals surface area contributed by atoms with Gasteiger partial charge in [0, 0.05) is 36.6 Å². The summed E-state index contributed by atoms with van der Waals surface area (Å²) in [4.78, 5) is 2.39. The summed E-state index contributed by atoms with van der Waals surface area (Å²) in [7, 11) is 0. The summed E-state index contributed by atoms with van der Waals surface area (Å²) in [6.07, 6.45) is 0.980. The molecule has 92 valence electrons. The van der Waals surface area contributed by atoms with Gasteiger partial charge in [0.15, 0.2) is 0 Å². The standard InChI is InChI=1S/C13H17ClN2O/c14-12-3-10-1-2-17-13(10)11(4-12)8-16-6-9(5-15)7-16/h3-4,9H,1-2,5-8,15H2. The maximum absolute atomic E-state index is 6.14. The van der Waals surface area contributed by atoms with Crippen molar-refractivity contribution in [3.63, 3.8) is 0 Å². The molecule has 4 heteroatoms. The molecule has 1 aromatic rings. The minimum atomic E-state index is 0.670. The van der Waals surface area contributed by atoms with E-state index in [-0.39, 0.29) is 0 Å². The number of hydrogen-bond donors (Lipinski definition) is 1. The number of benzene rings is 1. The summed E-state index contributed by atoms with van der Waals surface area (Å²) in [5, 5.41) is 0.820. The predicted molar refractivity (Wildman–Crippen MR) is 68.5 cm³/mol. The Morgan fingerprint density at radius 3 is 3.00 bits per heavy atom. The van der Waals surface area contributed by atoms with Gasteiger partial charge >= 0.3 is 0 Å². The van der Waals surface area contributed by atoms with E-state index in [9.17, 15) is 0 Å². The number of fused-ring (bicyclic) bond motifs is 1. The predicted octanol–water partition coefficient (Wildman–Crippen LogP) is 1.67. The first-order chi connectivity index (χ1) is 8.26. The first kappa shape index (κ1) is 11.3. The average Bonchev–Trinajstić information content (AvgIpc) is 2.70. The van der Waals surface area contributed by atoms with Crippen molar-refractivity contribution >= 4 is 11.6 Å². The van der Waals surface area contributed by atoms with Crippen molar-refractivity contribution in [2.45, 2.75) is 13.0 Å². The minimum absolute atomic E-state index is 0.670. The Morgan fingerprint density at radius 2 is 2.24 bits per heavy atom. The van der Waals surface area contributed by atoms with Crippen LogP contribution in [0.3, 0.4) is 0 Å². The molecule has 0 aromatic heterocycles. The number of nitrogens with two attached hydrogens (primary N) is 1. The average molecular weight is 253 g/mol. The molecule has 0 atom stereocenters.